The van der Waals surface area contributed by atoms with Crippen molar-refractivity contribution >= 4 is 11.8 Å². The van der Waals surface area contributed by atoms with Crippen molar-refractivity contribution in [1.82, 2.24) is 9.97 Å². The molecule has 1 aromatic rings. The first-order valence-corrected chi connectivity index (χ1v) is 5.95. The third-order valence-electron chi connectivity index (χ3n) is 2.45. The first-order chi connectivity index (χ1) is 7.56. The fourth-order valence-corrected chi connectivity index (χ4v) is 1.67. The van der Waals surface area contributed by atoms with Gasteiger partial charge in [0, 0.05) is 24.8 Å². The normalized spacial score (nSPS) is 10.8. The molecule has 1 aromatic heterocycles. The van der Waals surface area contributed by atoms with Crippen LogP contribution in [0.1, 0.15) is 33.4 Å². The van der Waals surface area contributed by atoms with Gasteiger partial charge in [0.15, 0.2) is 0 Å². The molecule has 0 saturated carbocycles. The van der Waals surface area contributed by atoms with Gasteiger partial charge in [0.25, 0.3) is 0 Å². The monoisotopic (exact) mass is 222 g/mol. The molecule has 90 valence electrons. The summed E-state index contributed by atoms with van der Waals surface area (Å²) < 4.78 is 0. The molecular weight excluding hydrogens is 200 g/mol. The number of aromatic nitrogens is 2. The molecule has 1 heterocycles. The van der Waals surface area contributed by atoms with E-state index in [1.54, 1.807) is 0 Å². The van der Waals surface area contributed by atoms with Gasteiger partial charge in [-0.15, -0.1) is 0 Å². The summed E-state index contributed by atoms with van der Waals surface area (Å²) in [7, 11) is 0. The third kappa shape index (κ3) is 3.36. The molecule has 0 bridgehead atoms. The number of nitrogen functional groups attached to an aromatic ring is 1. The number of rotatable bonds is 5. The van der Waals surface area contributed by atoms with Crippen LogP contribution in [0.15, 0.2) is 6.07 Å². The Labute approximate surface area is 97.9 Å². The molecule has 0 atom stereocenters. The zero-order valence-corrected chi connectivity index (χ0v) is 10.7. The second kappa shape index (κ2) is 5.68. The Bertz CT molecular complexity index is 332. The van der Waals surface area contributed by atoms with Gasteiger partial charge in [-0.1, -0.05) is 13.8 Å². The van der Waals surface area contributed by atoms with Crippen LogP contribution < -0.4 is 10.6 Å². The Morgan fingerprint density at radius 3 is 2.38 bits per heavy atom. The summed E-state index contributed by atoms with van der Waals surface area (Å²) in [5.74, 6) is 1.90. The summed E-state index contributed by atoms with van der Waals surface area (Å²) in [5.41, 5.74) is 6.84. The molecule has 0 aromatic carbocycles. The zero-order valence-electron chi connectivity index (χ0n) is 10.7. The second-order valence-corrected chi connectivity index (χ2v) is 4.35. The Morgan fingerprint density at radius 2 is 1.88 bits per heavy atom. The number of hydrogen-bond donors (Lipinski definition) is 1. The van der Waals surface area contributed by atoms with Crippen molar-refractivity contribution in [2.75, 3.05) is 23.7 Å². The molecule has 4 nitrogen and oxygen atoms in total. The molecule has 0 radical (unpaired) electrons. The van der Waals surface area contributed by atoms with Gasteiger partial charge in [-0.3, -0.25) is 0 Å². The fraction of sp³-hybridized carbons (Fsp3) is 0.667. The molecule has 16 heavy (non-hydrogen) atoms. The largest absolute Gasteiger partial charge is 0.384 e. The minimum atomic E-state index is 0.563. The van der Waals surface area contributed by atoms with E-state index in [1.807, 2.05) is 6.07 Å². The number of nitrogens with zero attached hydrogens (tertiary/aromatic N) is 3. The predicted molar refractivity (Wildman–Crippen MR) is 68.5 cm³/mol. The van der Waals surface area contributed by atoms with Crippen LogP contribution in [0.25, 0.3) is 0 Å². The van der Waals surface area contributed by atoms with Crippen LogP contribution in [-0.2, 0) is 6.42 Å². The Hall–Kier alpha value is -1.32. The summed E-state index contributed by atoms with van der Waals surface area (Å²) in [6.45, 7) is 10.4. The fourth-order valence-electron chi connectivity index (χ4n) is 1.67. The van der Waals surface area contributed by atoms with Crippen molar-refractivity contribution in [3.63, 3.8) is 0 Å². The molecule has 2 N–H and O–H groups in total. The molecule has 0 amide bonds. The van der Waals surface area contributed by atoms with Crippen molar-refractivity contribution in [2.24, 2.45) is 5.92 Å². The number of hydrogen-bond acceptors (Lipinski definition) is 4. The van der Waals surface area contributed by atoms with Gasteiger partial charge < -0.3 is 10.6 Å². The SMILES string of the molecule is CCN(CC)c1nc(N)cc(CC(C)C)n1. The average molecular weight is 222 g/mol. The average Bonchev–Trinajstić information content (AvgIpc) is 2.17. The van der Waals surface area contributed by atoms with Gasteiger partial charge >= 0.3 is 0 Å². The first kappa shape index (κ1) is 12.7. The van der Waals surface area contributed by atoms with E-state index in [-0.39, 0.29) is 0 Å². The maximum Gasteiger partial charge on any atom is 0.227 e. The lowest BCUT2D eigenvalue weighted by Gasteiger charge is -2.19. The van der Waals surface area contributed by atoms with E-state index < -0.39 is 0 Å². The second-order valence-electron chi connectivity index (χ2n) is 4.35. The lowest BCUT2D eigenvalue weighted by molar-refractivity contribution is 0.632. The van der Waals surface area contributed by atoms with Crippen LogP contribution in [0.5, 0.6) is 0 Å². The summed E-state index contributed by atoms with van der Waals surface area (Å²) in [6, 6.07) is 1.87. The zero-order chi connectivity index (χ0) is 12.1. The van der Waals surface area contributed by atoms with Gasteiger partial charge in [-0.25, -0.2) is 4.98 Å². The van der Waals surface area contributed by atoms with Crippen LogP contribution in [-0.4, -0.2) is 23.1 Å². The van der Waals surface area contributed by atoms with E-state index in [4.69, 9.17) is 5.73 Å². The molecule has 4 heteroatoms. The summed E-state index contributed by atoms with van der Waals surface area (Å²) >= 11 is 0. The standard InChI is InChI=1S/C12H22N4/c1-5-16(6-2)12-14-10(7-9(3)4)8-11(13)15-12/h8-9H,5-7H2,1-4H3,(H2,13,14,15). The topological polar surface area (TPSA) is 55.0 Å². The molecule has 0 aliphatic rings. The minimum Gasteiger partial charge on any atom is -0.384 e. The van der Waals surface area contributed by atoms with Crippen LogP contribution in [0, 0.1) is 5.92 Å². The van der Waals surface area contributed by atoms with Crippen molar-refractivity contribution in [2.45, 2.75) is 34.1 Å². The molecule has 1 rings (SSSR count). The van der Waals surface area contributed by atoms with Crippen LogP contribution in [0.4, 0.5) is 11.8 Å². The summed E-state index contributed by atoms with van der Waals surface area (Å²) in [5, 5.41) is 0. The Kier molecular flexibility index (Phi) is 4.52. The number of anilines is 2. The van der Waals surface area contributed by atoms with E-state index in [1.165, 1.54) is 0 Å². The quantitative estimate of drug-likeness (QED) is 0.829. The van der Waals surface area contributed by atoms with Crippen LogP contribution >= 0.6 is 0 Å². The lowest BCUT2D eigenvalue weighted by Crippen LogP contribution is -2.25. The maximum absolute atomic E-state index is 5.80. The Balaban J connectivity index is 2.97. The van der Waals surface area contributed by atoms with E-state index >= 15 is 0 Å². The van der Waals surface area contributed by atoms with Gasteiger partial charge in [0.1, 0.15) is 5.82 Å². The summed E-state index contributed by atoms with van der Waals surface area (Å²) in [4.78, 5) is 10.9. The highest BCUT2D eigenvalue weighted by molar-refractivity contribution is 5.40. The van der Waals surface area contributed by atoms with Gasteiger partial charge in [-0.05, 0) is 26.2 Å². The molecule has 0 aliphatic heterocycles. The summed E-state index contributed by atoms with van der Waals surface area (Å²) in [6.07, 6.45) is 0.945. The van der Waals surface area contributed by atoms with Crippen LogP contribution in [0.2, 0.25) is 0 Å². The third-order valence-corrected chi connectivity index (χ3v) is 2.45. The molecule has 0 saturated heterocycles. The predicted octanol–water partition coefficient (Wildman–Crippen LogP) is 2.10. The molecule has 0 aliphatic carbocycles. The van der Waals surface area contributed by atoms with Crippen molar-refractivity contribution in [3.05, 3.63) is 11.8 Å². The van der Waals surface area contributed by atoms with E-state index in [0.717, 1.165) is 31.2 Å². The molecule has 0 fully saturated rings. The highest BCUT2D eigenvalue weighted by atomic mass is 15.2. The molecule has 0 unspecified atom stereocenters. The molecule has 0 spiro atoms. The first-order valence-electron chi connectivity index (χ1n) is 5.95. The highest BCUT2D eigenvalue weighted by Gasteiger charge is 2.09. The van der Waals surface area contributed by atoms with E-state index in [0.29, 0.717) is 11.7 Å². The van der Waals surface area contributed by atoms with Gasteiger partial charge in [-0.2, -0.15) is 4.98 Å². The van der Waals surface area contributed by atoms with Crippen LogP contribution in [0.3, 0.4) is 0 Å². The van der Waals surface area contributed by atoms with E-state index in [2.05, 4.69) is 42.6 Å². The molecular formula is C12H22N4. The van der Waals surface area contributed by atoms with Gasteiger partial charge in [0.2, 0.25) is 5.95 Å². The smallest absolute Gasteiger partial charge is 0.227 e. The van der Waals surface area contributed by atoms with Crippen molar-refractivity contribution in [3.8, 4) is 0 Å². The van der Waals surface area contributed by atoms with Crippen molar-refractivity contribution in [1.29, 1.82) is 0 Å². The van der Waals surface area contributed by atoms with E-state index in [9.17, 15) is 0 Å². The number of nitrogens with two attached hydrogens (primary N) is 1. The highest BCUT2D eigenvalue weighted by Crippen LogP contribution is 2.14. The van der Waals surface area contributed by atoms with Gasteiger partial charge in [0.05, 0.1) is 0 Å². The van der Waals surface area contributed by atoms with Crippen molar-refractivity contribution < 1.29 is 0 Å². The maximum atomic E-state index is 5.80. The Morgan fingerprint density at radius 1 is 1.25 bits per heavy atom. The lowest BCUT2D eigenvalue weighted by atomic mass is 10.1. The minimum absolute atomic E-state index is 0.563.